The summed E-state index contributed by atoms with van der Waals surface area (Å²) in [4.78, 5) is 16.6. The molecule has 4 rings (SSSR count). The van der Waals surface area contributed by atoms with Gasteiger partial charge in [-0.25, -0.2) is 0 Å². The summed E-state index contributed by atoms with van der Waals surface area (Å²) in [6.07, 6.45) is 3.84. The predicted molar refractivity (Wildman–Crippen MR) is 101 cm³/mol. The smallest absolute Gasteiger partial charge is 0.273 e. The number of thiophene rings is 1. The maximum absolute atomic E-state index is 13.5. The molecule has 1 aliphatic heterocycles. The normalized spacial score (nSPS) is 17.7. The second-order valence-corrected chi connectivity index (χ2v) is 7.23. The number of aromatic nitrogens is 4. The van der Waals surface area contributed by atoms with Crippen LogP contribution >= 0.6 is 11.3 Å². The van der Waals surface area contributed by atoms with E-state index >= 15 is 0 Å². The molecule has 1 fully saturated rings. The molecule has 1 saturated heterocycles. The molecule has 7 heteroatoms. The molecule has 132 valence electrons. The number of hydrogen-bond donors (Lipinski definition) is 0. The molecule has 1 aromatic carbocycles. The van der Waals surface area contributed by atoms with Gasteiger partial charge >= 0.3 is 0 Å². The summed E-state index contributed by atoms with van der Waals surface area (Å²) in [6, 6.07) is 14.0. The number of benzene rings is 1. The van der Waals surface area contributed by atoms with Crippen molar-refractivity contribution in [1.82, 2.24) is 25.1 Å². The summed E-state index contributed by atoms with van der Waals surface area (Å²) in [6.45, 7) is 2.54. The monoisotopic (exact) mass is 365 g/mol. The first-order chi connectivity index (χ1) is 12.7. The third-order valence-corrected chi connectivity index (χ3v) is 5.53. The Hall–Kier alpha value is -2.80. The van der Waals surface area contributed by atoms with E-state index in [0.29, 0.717) is 11.5 Å². The van der Waals surface area contributed by atoms with E-state index in [1.54, 1.807) is 18.3 Å². The number of hydrogen-bond acceptors (Lipinski definition) is 5. The number of amides is 1. The number of carbonyl (C=O) groups excluding carboxylic acids is 1. The van der Waals surface area contributed by atoms with Crippen molar-refractivity contribution in [1.29, 1.82) is 0 Å². The van der Waals surface area contributed by atoms with Gasteiger partial charge in [0.05, 0.1) is 6.04 Å². The average Bonchev–Trinajstić information content (AvgIpc) is 3.41. The Bertz CT molecular complexity index is 917. The first-order valence-electron chi connectivity index (χ1n) is 8.60. The molecule has 1 aliphatic rings. The maximum atomic E-state index is 13.5. The summed E-state index contributed by atoms with van der Waals surface area (Å²) in [5.74, 6) is 0.549. The lowest BCUT2D eigenvalue weighted by atomic mass is 10.1. The highest BCUT2D eigenvalue weighted by Crippen LogP contribution is 2.36. The van der Waals surface area contributed by atoms with Crippen LogP contribution in [0, 0.1) is 6.92 Å². The Kier molecular flexibility index (Phi) is 4.62. The SMILES string of the molecule is Cc1nnnn1/C(=C\c1ccccc1)C(=O)N1CCCC1c1cccs1. The van der Waals surface area contributed by atoms with E-state index in [1.165, 1.54) is 9.56 Å². The number of nitrogens with zero attached hydrogens (tertiary/aromatic N) is 5. The molecule has 0 saturated carbocycles. The van der Waals surface area contributed by atoms with Crippen molar-refractivity contribution < 1.29 is 4.79 Å². The lowest BCUT2D eigenvalue weighted by molar-refractivity contribution is -0.126. The van der Waals surface area contributed by atoms with Gasteiger partial charge in [-0.05, 0) is 53.3 Å². The van der Waals surface area contributed by atoms with Gasteiger partial charge in [-0.15, -0.1) is 16.4 Å². The summed E-state index contributed by atoms with van der Waals surface area (Å²) in [5.41, 5.74) is 1.42. The highest BCUT2D eigenvalue weighted by atomic mass is 32.1. The highest BCUT2D eigenvalue weighted by molar-refractivity contribution is 7.10. The number of tetrazole rings is 1. The molecule has 2 aromatic heterocycles. The maximum Gasteiger partial charge on any atom is 0.273 e. The molecule has 1 atom stereocenters. The zero-order chi connectivity index (χ0) is 17.9. The third-order valence-electron chi connectivity index (χ3n) is 4.56. The molecule has 3 aromatic rings. The van der Waals surface area contributed by atoms with Gasteiger partial charge in [-0.1, -0.05) is 36.4 Å². The Labute approximate surface area is 155 Å². The summed E-state index contributed by atoms with van der Waals surface area (Å²) in [7, 11) is 0. The molecular weight excluding hydrogens is 346 g/mol. The van der Waals surface area contributed by atoms with Gasteiger partial charge in [0.25, 0.3) is 5.91 Å². The van der Waals surface area contributed by atoms with Crippen molar-refractivity contribution in [3.8, 4) is 0 Å². The molecule has 0 N–H and O–H groups in total. The van der Waals surface area contributed by atoms with Crippen LogP contribution in [0.4, 0.5) is 0 Å². The predicted octanol–water partition coefficient (Wildman–Crippen LogP) is 3.40. The summed E-state index contributed by atoms with van der Waals surface area (Å²) in [5, 5.41) is 13.8. The Morgan fingerprint density at radius 2 is 2.08 bits per heavy atom. The van der Waals surface area contributed by atoms with Crippen LogP contribution in [0.2, 0.25) is 0 Å². The minimum absolute atomic E-state index is 0.0415. The molecular formula is C19H19N5OS. The van der Waals surface area contributed by atoms with E-state index in [-0.39, 0.29) is 11.9 Å². The van der Waals surface area contributed by atoms with E-state index in [9.17, 15) is 4.79 Å². The number of carbonyl (C=O) groups is 1. The lowest BCUT2D eigenvalue weighted by Gasteiger charge is -2.25. The second-order valence-electron chi connectivity index (χ2n) is 6.25. The molecule has 26 heavy (non-hydrogen) atoms. The molecule has 6 nitrogen and oxygen atoms in total. The highest BCUT2D eigenvalue weighted by Gasteiger charge is 2.33. The Balaban J connectivity index is 1.73. The number of aryl methyl sites for hydroxylation is 1. The molecule has 0 aliphatic carbocycles. The molecule has 1 amide bonds. The van der Waals surface area contributed by atoms with E-state index in [2.05, 4.69) is 27.0 Å². The summed E-state index contributed by atoms with van der Waals surface area (Å²) >= 11 is 1.70. The van der Waals surface area contributed by atoms with Crippen LogP contribution in [0.5, 0.6) is 0 Å². The van der Waals surface area contributed by atoms with Gasteiger partial charge in [0.2, 0.25) is 0 Å². The van der Waals surface area contributed by atoms with Gasteiger partial charge in [0.15, 0.2) is 5.82 Å². The van der Waals surface area contributed by atoms with Gasteiger partial charge < -0.3 is 4.90 Å². The van der Waals surface area contributed by atoms with Crippen molar-refractivity contribution in [2.45, 2.75) is 25.8 Å². The minimum atomic E-state index is -0.0415. The van der Waals surface area contributed by atoms with Crippen molar-refractivity contribution in [2.75, 3.05) is 6.54 Å². The van der Waals surface area contributed by atoms with Crippen LogP contribution in [-0.4, -0.2) is 37.6 Å². The van der Waals surface area contributed by atoms with Crippen molar-refractivity contribution >= 4 is 29.0 Å². The fourth-order valence-corrected chi connectivity index (χ4v) is 4.18. The van der Waals surface area contributed by atoms with Crippen LogP contribution in [0.25, 0.3) is 11.8 Å². The van der Waals surface area contributed by atoms with Crippen LogP contribution in [0.1, 0.15) is 35.1 Å². The minimum Gasteiger partial charge on any atom is -0.329 e. The topological polar surface area (TPSA) is 63.9 Å². The zero-order valence-electron chi connectivity index (χ0n) is 14.4. The van der Waals surface area contributed by atoms with E-state index in [1.807, 2.05) is 47.4 Å². The van der Waals surface area contributed by atoms with Crippen molar-refractivity contribution in [3.05, 3.63) is 64.1 Å². The van der Waals surface area contributed by atoms with Gasteiger partial charge in [0.1, 0.15) is 5.70 Å². The van der Waals surface area contributed by atoms with Crippen LogP contribution in [0.15, 0.2) is 47.8 Å². The number of rotatable bonds is 4. The molecule has 3 heterocycles. The lowest BCUT2D eigenvalue weighted by Crippen LogP contribution is -2.33. The average molecular weight is 365 g/mol. The van der Waals surface area contributed by atoms with E-state index in [4.69, 9.17) is 0 Å². The molecule has 1 unspecified atom stereocenters. The second kappa shape index (κ2) is 7.21. The zero-order valence-corrected chi connectivity index (χ0v) is 15.3. The van der Waals surface area contributed by atoms with E-state index in [0.717, 1.165) is 24.9 Å². The van der Waals surface area contributed by atoms with Crippen LogP contribution in [0.3, 0.4) is 0 Å². The van der Waals surface area contributed by atoms with E-state index < -0.39 is 0 Å². The van der Waals surface area contributed by atoms with Gasteiger partial charge in [-0.2, -0.15) is 4.68 Å². The Morgan fingerprint density at radius 1 is 1.23 bits per heavy atom. The summed E-state index contributed by atoms with van der Waals surface area (Å²) < 4.78 is 1.53. The standard InChI is InChI=1S/C19H19N5OS/c1-14-20-21-22-24(14)17(13-15-7-3-2-4-8-15)19(25)23-11-5-9-16(23)18-10-6-12-26-18/h2-4,6-8,10,12-13,16H,5,9,11H2,1H3/b17-13-. The quantitative estimate of drug-likeness (QED) is 0.665. The molecule has 0 bridgehead atoms. The van der Waals surface area contributed by atoms with Gasteiger partial charge in [-0.3, -0.25) is 4.79 Å². The molecule has 0 spiro atoms. The fourth-order valence-electron chi connectivity index (χ4n) is 3.31. The van der Waals surface area contributed by atoms with Crippen LogP contribution in [-0.2, 0) is 4.79 Å². The largest absolute Gasteiger partial charge is 0.329 e. The number of likely N-dealkylation sites (tertiary alicyclic amines) is 1. The van der Waals surface area contributed by atoms with Gasteiger partial charge in [0, 0.05) is 11.4 Å². The fraction of sp³-hybridized carbons (Fsp3) is 0.263. The third kappa shape index (κ3) is 3.17. The van der Waals surface area contributed by atoms with Crippen LogP contribution < -0.4 is 0 Å². The Morgan fingerprint density at radius 3 is 2.77 bits per heavy atom. The first kappa shape index (κ1) is 16.7. The molecule has 0 radical (unpaired) electrons. The van der Waals surface area contributed by atoms with Crippen molar-refractivity contribution in [2.24, 2.45) is 0 Å². The van der Waals surface area contributed by atoms with Crippen molar-refractivity contribution in [3.63, 3.8) is 0 Å². The first-order valence-corrected chi connectivity index (χ1v) is 9.48.